The minimum Gasteiger partial charge on any atom is -0.276 e. The Kier molecular flexibility index (Phi) is 3.11. The Hall–Kier alpha value is -1.02. The highest BCUT2D eigenvalue weighted by Gasteiger charge is 1.98. The van der Waals surface area contributed by atoms with Crippen LogP contribution in [0.4, 0.5) is 5.69 Å². The van der Waals surface area contributed by atoms with Crippen LogP contribution >= 0.6 is 0 Å². The van der Waals surface area contributed by atoms with Crippen molar-refractivity contribution in [3.63, 3.8) is 0 Å². The highest BCUT2D eigenvalue weighted by molar-refractivity contribution is 5.52. The number of rotatable bonds is 3. The van der Waals surface area contributed by atoms with E-state index in [9.17, 15) is 0 Å². The molecule has 1 aromatic carbocycles. The molecule has 1 rings (SSSR count). The maximum absolute atomic E-state index is 5.11. The van der Waals surface area contributed by atoms with Gasteiger partial charge in [-0.15, -0.1) is 0 Å². The normalized spacial score (nSPS) is 9.92. The van der Waals surface area contributed by atoms with E-state index in [4.69, 9.17) is 4.84 Å². The summed E-state index contributed by atoms with van der Waals surface area (Å²) in [5.74, 6) is 0. The third kappa shape index (κ3) is 1.98. The number of aryl methyl sites for hydroxylation is 1. The molecule has 66 valence electrons. The van der Waals surface area contributed by atoms with Gasteiger partial charge in [-0.25, -0.2) is 0 Å². The fourth-order valence-electron chi connectivity index (χ4n) is 1.01. The van der Waals surface area contributed by atoms with E-state index in [1.807, 2.05) is 19.1 Å². The summed E-state index contributed by atoms with van der Waals surface area (Å²) in [7, 11) is 0. The van der Waals surface area contributed by atoms with Crippen molar-refractivity contribution >= 4 is 5.69 Å². The van der Waals surface area contributed by atoms with Crippen LogP contribution in [0.5, 0.6) is 0 Å². The van der Waals surface area contributed by atoms with Gasteiger partial charge in [0.2, 0.25) is 0 Å². The zero-order valence-corrected chi connectivity index (χ0v) is 7.85. The molecule has 0 atom stereocenters. The first-order chi connectivity index (χ1) is 5.75. The van der Waals surface area contributed by atoms with Crippen molar-refractivity contribution in [3.8, 4) is 0 Å². The molecule has 0 unspecified atom stereocenters. The molecule has 12 heavy (non-hydrogen) atoms. The molecule has 1 N–H and O–H groups in total. The molecule has 0 radical (unpaired) electrons. The maximum Gasteiger partial charge on any atom is 0.0717 e. The van der Waals surface area contributed by atoms with Crippen molar-refractivity contribution in [2.24, 2.45) is 0 Å². The summed E-state index contributed by atoms with van der Waals surface area (Å²) >= 11 is 0. The fraction of sp³-hybridized carbons (Fsp3) is 0.400. The van der Waals surface area contributed by atoms with Gasteiger partial charge in [0.15, 0.2) is 0 Å². The first kappa shape index (κ1) is 9.07. The van der Waals surface area contributed by atoms with Gasteiger partial charge in [-0.1, -0.05) is 12.1 Å². The summed E-state index contributed by atoms with van der Waals surface area (Å²) in [6.07, 6.45) is 0. The van der Waals surface area contributed by atoms with Gasteiger partial charge in [-0.05, 0) is 38.0 Å². The summed E-state index contributed by atoms with van der Waals surface area (Å²) < 4.78 is 0. The van der Waals surface area contributed by atoms with Crippen LogP contribution in [0, 0.1) is 13.8 Å². The van der Waals surface area contributed by atoms with Crippen molar-refractivity contribution in [3.05, 3.63) is 29.3 Å². The van der Waals surface area contributed by atoms with Gasteiger partial charge < -0.3 is 0 Å². The molecule has 1 aromatic rings. The first-order valence-electron chi connectivity index (χ1n) is 4.19. The summed E-state index contributed by atoms with van der Waals surface area (Å²) in [5.41, 5.74) is 6.48. The second kappa shape index (κ2) is 4.12. The lowest BCUT2D eigenvalue weighted by molar-refractivity contribution is 0.210. The smallest absolute Gasteiger partial charge is 0.0717 e. The third-order valence-corrected chi connectivity index (χ3v) is 1.93. The zero-order valence-electron chi connectivity index (χ0n) is 7.85. The average molecular weight is 165 g/mol. The van der Waals surface area contributed by atoms with Crippen molar-refractivity contribution in [1.82, 2.24) is 0 Å². The monoisotopic (exact) mass is 165 g/mol. The molecular formula is C10H15NO. The number of anilines is 1. The van der Waals surface area contributed by atoms with E-state index in [2.05, 4.69) is 25.4 Å². The lowest BCUT2D eigenvalue weighted by Crippen LogP contribution is -2.02. The third-order valence-electron chi connectivity index (χ3n) is 1.93. The van der Waals surface area contributed by atoms with Crippen molar-refractivity contribution in [2.45, 2.75) is 20.8 Å². The maximum atomic E-state index is 5.11. The van der Waals surface area contributed by atoms with E-state index in [0.29, 0.717) is 6.61 Å². The van der Waals surface area contributed by atoms with Crippen molar-refractivity contribution in [1.29, 1.82) is 0 Å². The number of hydrogen-bond donors (Lipinski definition) is 1. The molecule has 0 aliphatic rings. The molecule has 0 bridgehead atoms. The van der Waals surface area contributed by atoms with Crippen LogP contribution < -0.4 is 5.48 Å². The van der Waals surface area contributed by atoms with Crippen molar-refractivity contribution < 1.29 is 4.84 Å². The molecule has 0 fully saturated rings. The molecule has 0 spiro atoms. The summed E-state index contributed by atoms with van der Waals surface area (Å²) in [5, 5.41) is 0. The van der Waals surface area contributed by atoms with Gasteiger partial charge in [0.25, 0.3) is 0 Å². The number of nitrogens with one attached hydrogen (secondary N) is 1. The molecule has 0 saturated heterocycles. The molecule has 2 heteroatoms. The number of hydrogen-bond acceptors (Lipinski definition) is 2. The fourth-order valence-corrected chi connectivity index (χ4v) is 1.01. The second-order valence-electron chi connectivity index (χ2n) is 2.78. The van der Waals surface area contributed by atoms with Crippen molar-refractivity contribution in [2.75, 3.05) is 12.1 Å². The minimum atomic E-state index is 0.674. The van der Waals surface area contributed by atoms with Gasteiger partial charge in [-0.3, -0.25) is 10.3 Å². The van der Waals surface area contributed by atoms with Gasteiger partial charge in [0, 0.05) is 0 Å². The largest absolute Gasteiger partial charge is 0.276 e. The zero-order chi connectivity index (χ0) is 8.97. The van der Waals surface area contributed by atoms with Gasteiger partial charge in [0.05, 0.1) is 12.3 Å². The Bertz CT molecular complexity index is 258. The highest BCUT2D eigenvalue weighted by Crippen LogP contribution is 2.17. The first-order valence-corrected chi connectivity index (χ1v) is 4.19. The van der Waals surface area contributed by atoms with Crippen LogP contribution in [-0.2, 0) is 4.84 Å². The van der Waals surface area contributed by atoms with E-state index in [1.54, 1.807) is 0 Å². The standard InChI is InChI=1S/C10H15NO/c1-4-12-11-10-7-5-6-8(2)9(10)3/h5-7,11H,4H2,1-3H3. The van der Waals surface area contributed by atoms with E-state index in [1.165, 1.54) is 11.1 Å². The summed E-state index contributed by atoms with van der Waals surface area (Å²) in [4.78, 5) is 5.11. The number of benzene rings is 1. The van der Waals surface area contributed by atoms with Crippen LogP contribution in [0.1, 0.15) is 18.1 Å². The van der Waals surface area contributed by atoms with Gasteiger partial charge in [-0.2, -0.15) is 0 Å². The second-order valence-corrected chi connectivity index (χ2v) is 2.78. The van der Waals surface area contributed by atoms with Gasteiger partial charge >= 0.3 is 0 Å². The lowest BCUT2D eigenvalue weighted by atomic mass is 10.1. The summed E-state index contributed by atoms with van der Waals surface area (Å²) in [6, 6.07) is 6.12. The van der Waals surface area contributed by atoms with Crippen LogP contribution in [0.3, 0.4) is 0 Å². The molecule has 0 aromatic heterocycles. The molecule has 2 nitrogen and oxygen atoms in total. The average Bonchev–Trinajstić information content (AvgIpc) is 2.08. The predicted octanol–water partition coefficient (Wildman–Crippen LogP) is 2.67. The van der Waals surface area contributed by atoms with E-state index < -0.39 is 0 Å². The quantitative estimate of drug-likeness (QED) is 0.695. The van der Waals surface area contributed by atoms with E-state index in [0.717, 1.165) is 5.69 Å². The highest BCUT2D eigenvalue weighted by atomic mass is 16.6. The molecule has 0 heterocycles. The van der Waals surface area contributed by atoms with Crippen LogP contribution in [0.2, 0.25) is 0 Å². The predicted molar refractivity (Wildman–Crippen MR) is 51.2 cm³/mol. The Labute approximate surface area is 73.5 Å². The topological polar surface area (TPSA) is 21.3 Å². The molecule has 0 saturated carbocycles. The Balaban J connectivity index is 2.78. The Morgan fingerprint density at radius 1 is 1.33 bits per heavy atom. The van der Waals surface area contributed by atoms with Crippen LogP contribution in [0.15, 0.2) is 18.2 Å². The lowest BCUT2D eigenvalue weighted by Gasteiger charge is -2.09. The Morgan fingerprint density at radius 2 is 2.08 bits per heavy atom. The molecule has 0 aliphatic carbocycles. The molecule has 0 amide bonds. The minimum absolute atomic E-state index is 0.674. The SMILES string of the molecule is CCONc1cccc(C)c1C. The van der Waals surface area contributed by atoms with E-state index >= 15 is 0 Å². The molecular weight excluding hydrogens is 150 g/mol. The molecule has 0 aliphatic heterocycles. The van der Waals surface area contributed by atoms with E-state index in [-0.39, 0.29) is 0 Å². The van der Waals surface area contributed by atoms with Crippen LogP contribution in [0.25, 0.3) is 0 Å². The van der Waals surface area contributed by atoms with Crippen LogP contribution in [-0.4, -0.2) is 6.61 Å². The summed E-state index contributed by atoms with van der Waals surface area (Å²) in [6.45, 7) is 6.80. The Morgan fingerprint density at radius 3 is 2.75 bits per heavy atom. The van der Waals surface area contributed by atoms with Gasteiger partial charge in [0.1, 0.15) is 0 Å².